The Hall–Kier alpha value is -2.85. The Balaban J connectivity index is 1.83. The number of thioether (sulfide) groups is 1. The third-order valence-electron chi connectivity index (χ3n) is 3.80. The largest absolute Gasteiger partial charge is 0.493 e. The molecule has 29 heavy (non-hydrogen) atoms. The molecule has 10 heteroatoms. The molecule has 0 bridgehead atoms. The molecule has 1 aliphatic heterocycles. The van der Waals surface area contributed by atoms with Crippen LogP contribution in [0.25, 0.3) is 6.08 Å². The van der Waals surface area contributed by atoms with Gasteiger partial charge in [-0.05, 0) is 64.5 Å². The first-order chi connectivity index (χ1) is 13.9. The van der Waals surface area contributed by atoms with Gasteiger partial charge in [0.1, 0.15) is 0 Å². The van der Waals surface area contributed by atoms with E-state index in [9.17, 15) is 14.9 Å². The van der Waals surface area contributed by atoms with Crippen LogP contribution in [-0.2, 0) is 4.79 Å². The smallest absolute Gasteiger partial charge is 0.270 e. The maximum absolute atomic E-state index is 12.3. The number of hydrogen-bond acceptors (Lipinski definition) is 7. The SMILES string of the molecule is CCOc1ccc(/C=C2/SC(=Nc3ccc([N+](=O)[O-])cc3Br)NC2=O)cc1OC. The second-order valence-electron chi connectivity index (χ2n) is 5.72. The maximum Gasteiger partial charge on any atom is 0.270 e. The van der Waals surface area contributed by atoms with Crippen molar-refractivity contribution in [3.05, 3.63) is 61.5 Å². The monoisotopic (exact) mass is 477 g/mol. The Morgan fingerprint density at radius 3 is 2.72 bits per heavy atom. The van der Waals surface area contributed by atoms with E-state index in [0.29, 0.717) is 38.3 Å². The van der Waals surface area contributed by atoms with Crippen LogP contribution < -0.4 is 14.8 Å². The number of nitrogens with zero attached hydrogens (tertiary/aromatic N) is 2. The summed E-state index contributed by atoms with van der Waals surface area (Å²) in [6, 6.07) is 9.64. The lowest BCUT2D eigenvalue weighted by molar-refractivity contribution is -0.384. The van der Waals surface area contributed by atoms with Crippen molar-refractivity contribution in [2.75, 3.05) is 13.7 Å². The van der Waals surface area contributed by atoms with Crippen molar-refractivity contribution in [3.63, 3.8) is 0 Å². The first kappa shape index (κ1) is 20.9. The van der Waals surface area contributed by atoms with Gasteiger partial charge in [-0.15, -0.1) is 0 Å². The maximum atomic E-state index is 12.3. The van der Waals surface area contributed by atoms with Crippen LogP contribution in [-0.4, -0.2) is 29.7 Å². The first-order valence-corrected chi connectivity index (χ1v) is 10.1. The molecule has 2 aromatic carbocycles. The third-order valence-corrected chi connectivity index (χ3v) is 5.35. The molecule has 1 saturated heterocycles. The first-order valence-electron chi connectivity index (χ1n) is 8.45. The molecular weight excluding hydrogens is 462 g/mol. The molecule has 1 heterocycles. The molecule has 0 aliphatic carbocycles. The van der Waals surface area contributed by atoms with E-state index in [1.54, 1.807) is 25.3 Å². The van der Waals surface area contributed by atoms with E-state index in [0.717, 1.165) is 5.56 Å². The van der Waals surface area contributed by atoms with Gasteiger partial charge >= 0.3 is 0 Å². The molecule has 2 aromatic rings. The Morgan fingerprint density at radius 2 is 2.07 bits per heavy atom. The Labute approximate surface area is 179 Å². The molecule has 1 fully saturated rings. The van der Waals surface area contributed by atoms with Crippen molar-refractivity contribution in [2.24, 2.45) is 4.99 Å². The highest BCUT2D eigenvalue weighted by Crippen LogP contribution is 2.34. The normalized spacial score (nSPS) is 16.2. The van der Waals surface area contributed by atoms with Gasteiger partial charge in [0.15, 0.2) is 16.7 Å². The highest BCUT2D eigenvalue weighted by molar-refractivity contribution is 9.10. The van der Waals surface area contributed by atoms with Crippen LogP contribution in [0.5, 0.6) is 11.5 Å². The van der Waals surface area contributed by atoms with Crippen molar-refractivity contribution in [1.29, 1.82) is 0 Å². The number of rotatable bonds is 6. The van der Waals surface area contributed by atoms with E-state index >= 15 is 0 Å². The van der Waals surface area contributed by atoms with Crippen molar-refractivity contribution >= 4 is 56.2 Å². The lowest BCUT2D eigenvalue weighted by atomic mass is 10.2. The molecule has 3 rings (SSSR count). The van der Waals surface area contributed by atoms with Crippen LogP contribution in [0.4, 0.5) is 11.4 Å². The van der Waals surface area contributed by atoms with Crippen LogP contribution in [0.15, 0.2) is 50.8 Å². The number of amides is 1. The lowest BCUT2D eigenvalue weighted by Gasteiger charge is -2.09. The molecule has 0 atom stereocenters. The van der Waals surface area contributed by atoms with Crippen LogP contribution in [0.3, 0.4) is 0 Å². The fourth-order valence-corrected chi connectivity index (χ4v) is 3.78. The number of nitro benzene ring substituents is 1. The number of ether oxygens (including phenoxy) is 2. The molecule has 0 aromatic heterocycles. The Morgan fingerprint density at radius 1 is 1.28 bits per heavy atom. The Kier molecular flexibility index (Phi) is 6.55. The average molecular weight is 478 g/mol. The van der Waals surface area contributed by atoms with Gasteiger partial charge in [-0.3, -0.25) is 14.9 Å². The van der Waals surface area contributed by atoms with E-state index in [2.05, 4.69) is 26.2 Å². The number of benzene rings is 2. The molecule has 0 saturated carbocycles. The zero-order chi connectivity index (χ0) is 21.0. The second kappa shape index (κ2) is 9.10. The molecule has 1 amide bonds. The molecule has 1 N–H and O–H groups in total. The second-order valence-corrected chi connectivity index (χ2v) is 7.60. The van der Waals surface area contributed by atoms with E-state index < -0.39 is 4.92 Å². The van der Waals surface area contributed by atoms with Gasteiger partial charge in [-0.25, -0.2) is 4.99 Å². The van der Waals surface area contributed by atoms with E-state index in [-0.39, 0.29) is 11.6 Å². The van der Waals surface area contributed by atoms with Crippen molar-refractivity contribution < 1.29 is 19.2 Å². The van der Waals surface area contributed by atoms with Crippen molar-refractivity contribution in [3.8, 4) is 11.5 Å². The summed E-state index contributed by atoms with van der Waals surface area (Å²) in [5.74, 6) is 0.930. The molecular formula is C19H16BrN3O5S. The summed E-state index contributed by atoms with van der Waals surface area (Å²) >= 11 is 4.45. The predicted molar refractivity (Wildman–Crippen MR) is 116 cm³/mol. The zero-order valence-corrected chi connectivity index (χ0v) is 17.9. The molecule has 0 spiro atoms. The number of nitrogens with one attached hydrogen (secondary N) is 1. The van der Waals surface area contributed by atoms with Gasteiger partial charge in [-0.1, -0.05) is 6.07 Å². The molecule has 0 radical (unpaired) electrons. The highest BCUT2D eigenvalue weighted by atomic mass is 79.9. The quantitative estimate of drug-likeness (QED) is 0.368. The fraction of sp³-hybridized carbons (Fsp3) is 0.158. The molecule has 0 unspecified atom stereocenters. The molecule has 1 aliphatic rings. The summed E-state index contributed by atoms with van der Waals surface area (Å²) in [4.78, 5) is 27.5. The molecule has 150 valence electrons. The minimum Gasteiger partial charge on any atom is -0.493 e. The van der Waals surface area contributed by atoms with Crippen LogP contribution >= 0.6 is 27.7 Å². The van der Waals surface area contributed by atoms with Gasteiger partial charge < -0.3 is 14.8 Å². The summed E-state index contributed by atoms with van der Waals surface area (Å²) in [6.07, 6.45) is 1.73. The van der Waals surface area contributed by atoms with Gasteiger partial charge in [0.05, 0.1) is 33.7 Å². The van der Waals surface area contributed by atoms with Gasteiger partial charge in [0, 0.05) is 12.1 Å². The van der Waals surface area contributed by atoms with E-state index in [1.165, 1.54) is 30.0 Å². The predicted octanol–water partition coefficient (Wildman–Crippen LogP) is 4.66. The van der Waals surface area contributed by atoms with E-state index in [4.69, 9.17) is 9.47 Å². The summed E-state index contributed by atoms with van der Waals surface area (Å²) in [7, 11) is 1.55. The third kappa shape index (κ3) is 4.96. The Bertz CT molecular complexity index is 1040. The lowest BCUT2D eigenvalue weighted by Crippen LogP contribution is -2.19. The van der Waals surface area contributed by atoms with E-state index in [1.807, 2.05) is 13.0 Å². The number of carbonyl (C=O) groups is 1. The number of halogens is 1. The van der Waals surface area contributed by atoms with Crippen molar-refractivity contribution in [1.82, 2.24) is 5.32 Å². The molecule has 8 nitrogen and oxygen atoms in total. The standard InChI is InChI=1S/C19H16BrN3O5S/c1-3-28-15-7-4-11(8-16(15)27-2)9-17-18(24)22-19(29-17)21-14-6-5-12(23(25)26)10-13(14)20/h4-10H,3H2,1-2H3,(H,21,22,24)/b17-9+. The van der Waals surface area contributed by atoms with Gasteiger partial charge in [0.2, 0.25) is 0 Å². The van der Waals surface area contributed by atoms with Crippen LogP contribution in [0, 0.1) is 10.1 Å². The number of nitro groups is 1. The summed E-state index contributed by atoms with van der Waals surface area (Å²) in [5, 5.41) is 13.9. The summed E-state index contributed by atoms with van der Waals surface area (Å²) < 4.78 is 11.3. The fourth-order valence-electron chi connectivity index (χ4n) is 2.49. The highest BCUT2D eigenvalue weighted by Gasteiger charge is 2.24. The van der Waals surface area contributed by atoms with Crippen LogP contribution in [0.1, 0.15) is 12.5 Å². The number of non-ortho nitro benzene ring substituents is 1. The number of methoxy groups -OCH3 is 1. The van der Waals surface area contributed by atoms with Crippen LogP contribution in [0.2, 0.25) is 0 Å². The number of amidine groups is 1. The zero-order valence-electron chi connectivity index (χ0n) is 15.5. The minimum atomic E-state index is -0.486. The number of carbonyl (C=O) groups excluding carboxylic acids is 1. The van der Waals surface area contributed by atoms with Gasteiger partial charge in [0.25, 0.3) is 11.6 Å². The summed E-state index contributed by atoms with van der Waals surface area (Å²) in [5.41, 5.74) is 1.21. The average Bonchev–Trinajstić information content (AvgIpc) is 3.03. The summed E-state index contributed by atoms with van der Waals surface area (Å²) in [6.45, 7) is 2.41. The topological polar surface area (TPSA) is 103 Å². The number of hydrogen-bond donors (Lipinski definition) is 1. The van der Waals surface area contributed by atoms with Gasteiger partial charge in [-0.2, -0.15) is 0 Å². The van der Waals surface area contributed by atoms with Crippen molar-refractivity contribution in [2.45, 2.75) is 6.92 Å². The minimum absolute atomic E-state index is 0.0473. The number of aliphatic imine (C=N–C) groups is 1.